The molecule has 0 unspecified atom stereocenters. The van der Waals surface area contributed by atoms with E-state index in [-0.39, 0.29) is 18.1 Å². The summed E-state index contributed by atoms with van der Waals surface area (Å²) in [6.07, 6.45) is 2.41. The average Bonchev–Trinajstić information content (AvgIpc) is 2.49. The third-order valence-corrected chi connectivity index (χ3v) is 2.84. The van der Waals surface area contributed by atoms with Crippen LogP contribution in [0, 0.1) is 5.82 Å². The predicted octanol–water partition coefficient (Wildman–Crippen LogP) is 2.81. The summed E-state index contributed by atoms with van der Waals surface area (Å²) in [5, 5.41) is 0. The van der Waals surface area contributed by atoms with Crippen molar-refractivity contribution in [3.8, 4) is 0 Å². The molecule has 1 aromatic carbocycles. The van der Waals surface area contributed by atoms with Crippen LogP contribution in [0.5, 0.6) is 0 Å². The minimum atomic E-state index is -0.692. The molecule has 118 valence electrons. The molecular weight excluding hydrogens is 285 g/mol. The topological polar surface area (TPSA) is 46.6 Å². The van der Waals surface area contributed by atoms with Gasteiger partial charge in [-0.2, -0.15) is 0 Å². The smallest absolute Gasteiger partial charge is 0.331 e. The van der Waals surface area contributed by atoms with E-state index >= 15 is 0 Å². The first-order chi connectivity index (χ1) is 10.4. The number of hydrogen-bond donors (Lipinski definition) is 0. The first-order valence-corrected chi connectivity index (χ1v) is 6.95. The highest BCUT2D eigenvalue weighted by Gasteiger charge is 2.13. The molecule has 1 aromatic rings. The highest BCUT2D eigenvalue weighted by molar-refractivity contribution is 5.89. The van der Waals surface area contributed by atoms with Crippen LogP contribution in [-0.4, -0.2) is 36.5 Å². The van der Waals surface area contributed by atoms with Crippen LogP contribution < -0.4 is 0 Å². The molecule has 0 aliphatic carbocycles. The van der Waals surface area contributed by atoms with Crippen LogP contribution in [0.4, 0.5) is 4.39 Å². The molecule has 1 rings (SSSR count). The molecule has 0 bridgehead atoms. The maximum atomic E-state index is 13.4. The molecule has 0 heterocycles. The first kappa shape index (κ1) is 17.6. The summed E-state index contributed by atoms with van der Waals surface area (Å²) in [6, 6.07) is 6.06. The number of rotatable bonds is 7. The molecule has 0 spiro atoms. The second-order valence-corrected chi connectivity index (χ2v) is 4.83. The molecule has 22 heavy (non-hydrogen) atoms. The van der Waals surface area contributed by atoms with E-state index < -0.39 is 11.8 Å². The van der Waals surface area contributed by atoms with Crippen molar-refractivity contribution in [1.82, 2.24) is 4.90 Å². The predicted molar refractivity (Wildman–Crippen MR) is 83.5 cm³/mol. The minimum absolute atomic E-state index is 0.281. The summed E-state index contributed by atoms with van der Waals surface area (Å²) >= 11 is 0. The lowest BCUT2D eigenvalue weighted by Crippen LogP contribution is -2.35. The van der Waals surface area contributed by atoms with Crippen LogP contribution in [0.15, 0.2) is 42.5 Å². The minimum Gasteiger partial charge on any atom is -0.452 e. The van der Waals surface area contributed by atoms with Gasteiger partial charge in [0, 0.05) is 24.7 Å². The van der Waals surface area contributed by atoms with E-state index in [1.54, 1.807) is 12.1 Å². The van der Waals surface area contributed by atoms with Gasteiger partial charge >= 0.3 is 5.97 Å². The van der Waals surface area contributed by atoms with Crippen LogP contribution in [0.1, 0.15) is 19.4 Å². The van der Waals surface area contributed by atoms with Crippen molar-refractivity contribution in [3.05, 3.63) is 53.9 Å². The Bertz CT molecular complexity index is 581. The lowest BCUT2D eigenvalue weighted by molar-refractivity contribution is -0.147. The Labute approximate surface area is 129 Å². The Balaban J connectivity index is 2.50. The zero-order chi connectivity index (χ0) is 16.5. The third-order valence-electron chi connectivity index (χ3n) is 2.84. The number of carbonyl (C=O) groups excluding carboxylic acids is 2. The lowest BCUT2D eigenvalue weighted by Gasteiger charge is -2.20. The molecule has 0 fully saturated rings. The number of halogens is 1. The molecule has 0 saturated heterocycles. The van der Waals surface area contributed by atoms with Gasteiger partial charge in [-0.25, -0.2) is 9.18 Å². The highest BCUT2D eigenvalue weighted by Crippen LogP contribution is 2.08. The molecule has 0 atom stereocenters. The Morgan fingerprint density at radius 1 is 1.36 bits per heavy atom. The Morgan fingerprint density at radius 2 is 2.05 bits per heavy atom. The zero-order valence-corrected chi connectivity index (χ0v) is 12.8. The van der Waals surface area contributed by atoms with E-state index in [4.69, 9.17) is 4.74 Å². The fourth-order valence-corrected chi connectivity index (χ4v) is 1.74. The van der Waals surface area contributed by atoms with Crippen molar-refractivity contribution in [2.45, 2.75) is 13.8 Å². The summed E-state index contributed by atoms with van der Waals surface area (Å²) in [5.74, 6) is -1.41. The second kappa shape index (κ2) is 8.77. The molecule has 0 N–H and O–H groups in total. The number of benzene rings is 1. The molecule has 0 radical (unpaired) electrons. The highest BCUT2D eigenvalue weighted by atomic mass is 19.1. The van der Waals surface area contributed by atoms with E-state index in [1.165, 1.54) is 23.1 Å². The Hall–Kier alpha value is -2.43. The molecular formula is C17H20FNO3. The maximum absolute atomic E-state index is 13.4. The van der Waals surface area contributed by atoms with E-state index in [2.05, 4.69) is 6.58 Å². The van der Waals surface area contributed by atoms with Gasteiger partial charge in [0.2, 0.25) is 0 Å². The summed E-state index contributed by atoms with van der Waals surface area (Å²) < 4.78 is 18.2. The lowest BCUT2D eigenvalue weighted by atomic mass is 10.2. The molecule has 4 nitrogen and oxygen atoms in total. The number of carbonyl (C=O) groups is 2. The van der Waals surface area contributed by atoms with Crippen molar-refractivity contribution >= 4 is 18.0 Å². The number of likely N-dealkylation sites (N-methyl/N-ethyl adjacent to an activating group) is 1. The van der Waals surface area contributed by atoms with Gasteiger partial charge in [-0.05, 0) is 26.0 Å². The van der Waals surface area contributed by atoms with E-state index in [0.717, 1.165) is 11.6 Å². The van der Waals surface area contributed by atoms with Crippen LogP contribution in [0.2, 0.25) is 0 Å². The normalized spacial score (nSPS) is 10.5. The Kier molecular flexibility index (Phi) is 7.02. The van der Waals surface area contributed by atoms with Crippen LogP contribution >= 0.6 is 0 Å². The number of esters is 1. The second-order valence-electron chi connectivity index (χ2n) is 4.83. The third kappa shape index (κ3) is 5.91. The molecule has 0 saturated carbocycles. The summed E-state index contributed by atoms with van der Waals surface area (Å²) in [4.78, 5) is 24.9. The van der Waals surface area contributed by atoms with Gasteiger partial charge in [0.25, 0.3) is 5.91 Å². The number of hydrogen-bond acceptors (Lipinski definition) is 3. The molecule has 5 heteroatoms. The van der Waals surface area contributed by atoms with Gasteiger partial charge in [0.05, 0.1) is 0 Å². The average molecular weight is 305 g/mol. The number of nitrogens with zero attached hydrogens (tertiary/aromatic N) is 1. The molecule has 1 amide bonds. The fraction of sp³-hybridized carbons (Fsp3) is 0.294. The van der Waals surface area contributed by atoms with Crippen LogP contribution in [0.3, 0.4) is 0 Å². The molecule has 0 aliphatic rings. The SMILES string of the molecule is C=C(C)CN(CC)C(=O)COC(=O)/C=C/c1ccccc1F. The quantitative estimate of drug-likeness (QED) is 0.442. The zero-order valence-electron chi connectivity index (χ0n) is 12.8. The molecule has 0 aromatic heterocycles. The summed E-state index contributed by atoms with van der Waals surface area (Å²) in [6.45, 7) is 7.99. The van der Waals surface area contributed by atoms with Gasteiger partial charge in [0.15, 0.2) is 6.61 Å². The largest absolute Gasteiger partial charge is 0.452 e. The monoisotopic (exact) mass is 305 g/mol. The maximum Gasteiger partial charge on any atom is 0.331 e. The first-order valence-electron chi connectivity index (χ1n) is 6.95. The van der Waals surface area contributed by atoms with Gasteiger partial charge in [-0.15, -0.1) is 0 Å². The van der Waals surface area contributed by atoms with Crippen LogP contribution in [-0.2, 0) is 14.3 Å². The van der Waals surface area contributed by atoms with Gasteiger partial charge in [-0.1, -0.05) is 30.4 Å². The van der Waals surface area contributed by atoms with Crippen molar-refractivity contribution in [3.63, 3.8) is 0 Å². The summed E-state index contributed by atoms with van der Waals surface area (Å²) in [7, 11) is 0. The van der Waals surface area contributed by atoms with E-state index in [1.807, 2.05) is 13.8 Å². The number of amides is 1. The van der Waals surface area contributed by atoms with E-state index in [9.17, 15) is 14.0 Å². The van der Waals surface area contributed by atoms with E-state index in [0.29, 0.717) is 13.1 Å². The van der Waals surface area contributed by atoms with Gasteiger partial charge in [-0.3, -0.25) is 4.79 Å². The van der Waals surface area contributed by atoms with Crippen molar-refractivity contribution in [2.24, 2.45) is 0 Å². The van der Waals surface area contributed by atoms with Crippen molar-refractivity contribution in [2.75, 3.05) is 19.7 Å². The number of ether oxygens (including phenoxy) is 1. The Morgan fingerprint density at radius 3 is 2.64 bits per heavy atom. The van der Waals surface area contributed by atoms with Crippen LogP contribution in [0.25, 0.3) is 6.08 Å². The van der Waals surface area contributed by atoms with Crippen molar-refractivity contribution < 1.29 is 18.7 Å². The van der Waals surface area contributed by atoms with Gasteiger partial charge < -0.3 is 9.64 Å². The van der Waals surface area contributed by atoms with Crippen molar-refractivity contribution in [1.29, 1.82) is 0 Å². The molecule has 0 aliphatic heterocycles. The van der Waals surface area contributed by atoms with Gasteiger partial charge in [0.1, 0.15) is 5.82 Å². The fourth-order valence-electron chi connectivity index (χ4n) is 1.74. The standard InChI is InChI=1S/C17H20FNO3/c1-4-19(11-13(2)3)16(20)12-22-17(21)10-9-14-7-5-6-8-15(14)18/h5-10H,2,4,11-12H2,1,3H3/b10-9+. The summed E-state index contributed by atoms with van der Waals surface area (Å²) in [5.41, 5.74) is 1.13.